The number of carbonyl (C=O) groups is 1. The van der Waals surface area contributed by atoms with Crippen molar-refractivity contribution < 1.29 is 9.53 Å². The molecule has 140 valence electrons. The molecule has 0 aromatic heterocycles. The van der Waals surface area contributed by atoms with E-state index in [-0.39, 0.29) is 18.3 Å². The average molecular weight is 375 g/mol. The molecule has 4 nitrogen and oxygen atoms in total. The van der Waals surface area contributed by atoms with Gasteiger partial charge in [0.15, 0.2) is 0 Å². The summed E-state index contributed by atoms with van der Waals surface area (Å²) < 4.78 is 5.20. The monoisotopic (exact) mass is 374 g/mol. The Balaban J connectivity index is 2.55. The summed E-state index contributed by atoms with van der Waals surface area (Å²) in [5.74, 6) is 0.0806. The highest BCUT2D eigenvalue weighted by Crippen LogP contribution is 2.36. The Morgan fingerprint density at radius 2 is 2.00 bits per heavy atom. The van der Waals surface area contributed by atoms with Gasteiger partial charge in [0.05, 0.1) is 24.4 Å². The summed E-state index contributed by atoms with van der Waals surface area (Å²) in [6.07, 6.45) is 0.262. The largest absolute Gasteiger partial charge is 0.466 e. The van der Waals surface area contributed by atoms with Gasteiger partial charge in [-0.2, -0.15) is 0 Å². The Bertz CT molecular complexity index is 790. The molecule has 0 aliphatic rings. The number of anilines is 2. The lowest BCUT2D eigenvalue weighted by molar-refractivity contribution is -0.143. The standard InChI is InChI=1S/C21H27ClN2O2/c1-5-26-20(25)11-18(15-7-6-13(2)16(10-15)12-22)17-8-9-19(24-4)21(23)14(17)3/h6-10,18,24H,5,11-12,23H2,1-4H3/t18-/m0/s1. The van der Waals surface area contributed by atoms with Gasteiger partial charge in [-0.15, -0.1) is 11.6 Å². The van der Waals surface area contributed by atoms with E-state index >= 15 is 0 Å². The quantitative estimate of drug-likeness (QED) is 0.417. The predicted molar refractivity (Wildman–Crippen MR) is 109 cm³/mol. The average Bonchev–Trinajstić information content (AvgIpc) is 2.63. The summed E-state index contributed by atoms with van der Waals surface area (Å²) >= 11 is 6.09. The zero-order chi connectivity index (χ0) is 19.3. The molecule has 2 aromatic rings. The number of aryl methyl sites for hydroxylation is 1. The molecular formula is C21H27ClN2O2. The van der Waals surface area contributed by atoms with Crippen LogP contribution in [0.25, 0.3) is 0 Å². The number of hydrogen-bond acceptors (Lipinski definition) is 4. The van der Waals surface area contributed by atoms with Crippen LogP contribution in [0.4, 0.5) is 11.4 Å². The normalized spacial score (nSPS) is 11.9. The van der Waals surface area contributed by atoms with Crippen molar-refractivity contribution in [2.24, 2.45) is 0 Å². The third kappa shape index (κ3) is 4.31. The summed E-state index contributed by atoms with van der Waals surface area (Å²) in [5, 5.41) is 3.09. The second-order valence-electron chi connectivity index (χ2n) is 6.37. The van der Waals surface area contributed by atoms with E-state index in [0.29, 0.717) is 18.2 Å². The molecule has 0 saturated heterocycles. The van der Waals surface area contributed by atoms with E-state index in [1.54, 1.807) is 0 Å². The molecule has 0 fully saturated rings. The van der Waals surface area contributed by atoms with E-state index in [0.717, 1.165) is 33.5 Å². The number of nitrogens with two attached hydrogens (primary N) is 1. The maximum absolute atomic E-state index is 12.2. The number of ether oxygens (including phenoxy) is 1. The first kappa shape index (κ1) is 20.1. The van der Waals surface area contributed by atoms with Crippen LogP contribution in [0, 0.1) is 13.8 Å². The summed E-state index contributed by atoms with van der Waals surface area (Å²) in [6.45, 7) is 6.20. The molecule has 0 heterocycles. The summed E-state index contributed by atoms with van der Waals surface area (Å²) in [4.78, 5) is 12.2. The van der Waals surface area contributed by atoms with Gasteiger partial charge in [0.25, 0.3) is 0 Å². The minimum atomic E-state index is -0.221. The van der Waals surface area contributed by atoms with Crippen molar-refractivity contribution >= 4 is 28.9 Å². The number of hydrogen-bond donors (Lipinski definition) is 2. The Morgan fingerprint density at radius 3 is 2.62 bits per heavy atom. The van der Waals surface area contributed by atoms with Crippen molar-refractivity contribution in [2.45, 2.75) is 39.0 Å². The van der Waals surface area contributed by atoms with Crippen LogP contribution in [-0.4, -0.2) is 19.6 Å². The number of esters is 1. The molecule has 26 heavy (non-hydrogen) atoms. The number of benzene rings is 2. The molecule has 1 atom stereocenters. The number of nitrogen functional groups attached to an aromatic ring is 1. The van der Waals surface area contributed by atoms with Crippen LogP contribution < -0.4 is 11.1 Å². The highest BCUT2D eigenvalue weighted by molar-refractivity contribution is 6.17. The highest BCUT2D eigenvalue weighted by Gasteiger charge is 2.23. The molecule has 2 aromatic carbocycles. The Morgan fingerprint density at radius 1 is 1.27 bits per heavy atom. The molecule has 0 aliphatic heterocycles. The Hall–Kier alpha value is -2.20. The van der Waals surface area contributed by atoms with Crippen LogP contribution in [0.5, 0.6) is 0 Å². The van der Waals surface area contributed by atoms with Gasteiger partial charge in [-0.05, 0) is 54.7 Å². The fraction of sp³-hybridized carbons (Fsp3) is 0.381. The van der Waals surface area contributed by atoms with Gasteiger partial charge in [-0.3, -0.25) is 4.79 Å². The van der Waals surface area contributed by atoms with E-state index < -0.39 is 0 Å². The molecule has 0 spiro atoms. The maximum atomic E-state index is 12.2. The number of carbonyl (C=O) groups excluding carboxylic acids is 1. The molecule has 0 amide bonds. The predicted octanol–water partition coefficient (Wildman–Crippen LogP) is 4.75. The van der Waals surface area contributed by atoms with Crippen LogP contribution in [-0.2, 0) is 15.4 Å². The van der Waals surface area contributed by atoms with Gasteiger partial charge < -0.3 is 15.8 Å². The van der Waals surface area contributed by atoms with Crippen molar-refractivity contribution in [3.8, 4) is 0 Å². The van der Waals surface area contributed by atoms with E-state index in [1.807, 2.05) is 46.0 Å². The topological polar surface area (TPSA) is 64.3 Å². The van der Waals surface area contributed by atoms with Gasteiger partial charge in [0.1, 0.15) is 0 Å². The van der Waals surface area contributed by atoms with Crippen molar-refractivity contribution in [1.29, 1.82) is 0 Å². The summed E-state index contributed by atoms with van der Waals surface area (Å²) in [5.41, 5.74) is 13.1. The van der Waals surface area contributed by atoms with Crippen LogP contribution in [0.1, 0.15) is 47.1 Å². The third-order valence-corrected chi connectivity index (χ3v) is 5.09. The molecular weight excluding hydrogens is 348 g/mol. The number of nitrogens with one attached hydrogen (secondary N) is 1. The van der Waals surface area contributed by atoms with Crippen LogP contribution in [0.15, 0.2) is 30.3 Å². The molecule has 0 bridgehead atoms. The van der Waals surface area contributed by atoms with Crippen molar-refractivity contribution in [3.05, 3.63) is 58.1 Å². The van der Waals surface area contributed by atoms with E-state index in [1.165, 1.54) is 0 Å². The van der Waals surface area contributed by atoms with Crippen molar-refractivity contribution in [2.75, 3.05) is 24.7 Å². The lowest BCUT2D eigenvalue weighted by Gasteiger charge is -2.22. The second kappa shape index (κ2) is 8.95. The van der Waals surface area contributed by atoms with Gasteiger partial charge in [-0.1, -0.05) is 24.3 Å². The van der Waals surface area contributed by atoms with Gasteiger partial charge in [-0.25, -0.2) is 0 Å². The van der Waals surface area contributed by atoms with Gasteiger partial charge >= 0.3 is 5.97 Å². The molecule has 3 N–H and O–H groups in total. The first-order chi connectivity index (χ1) is 12.4. The maximum Gasteiger partial charge on any atom is 0.306 e. The zero-order valence-electron chi connectivity index (χ0n) is 15.9. The fourth-order valence-corrected chi connectivity index (χ4v) is 3.47. The number of halogens is 1. The van der Waals surface area contributed by atoms with E-state index in [9.17, 15) is 4.79 Å². The van der Waals surface area contributed by atoms with Gasteiger partial charge in [0, 0.05) is 18.8 Å². The summed E-state index contributed by atoms with van der Waals surface area (Å²) in [7, 11) is 1.84. The first-order valence-electron chi connectivity index (χ1n) is 8.80. The third-order valence-electron chi connectivity index (χ3n) is 4.80. The lowest BCUT2D eigenvalue weighted by atomic mass is 9.84. The van der Waals surface area contributed by atoms with E-state index in [4.69, 9.17) is 22.1 Å². The molecule has 0 unspecified atom stereocenters. The molecule has 0 saturated carbocycles. The summed E-state index contributed by atoms with van der Waals surface area (Å²) in [6, 6.07) is 10.2. The zero-order valence-corrected chi connectivity index (χ0v) is 16.6. The lowest BCUT2D eigenvalue weighted by Crippen LogP contribution is -2.14. The number of rotatable bonds is 7. The highest BCUT2D eigenvalue weighted by atomic mass is 35.5. The molecule has 2 rings (SSSR count). The van der Waals surface area contributed by atoms with Crippen molar-refractivity contribution in [3.63, 3.8) is 0 Å². The molecule has 0 radical (unpaired) electrons. The Labute approximate surface area is 160 Å². The van der Waals surface area contributed by atoms with Crippen LogP contribution >= 0.6 is 11.6 Å². The second-order valence-corrected chi connectivity index (χ2v) is 6.64. The molecule has 5 heteroatoms. The SMILES string of the molecule is CCOC(=O)C[C@@H](c1ccc(C)c(CCl)c1)c1ccc(NC)c(N)c1C. The fourth-order valence-electron chi connectivity index (χ4n) is 3.19. The minimum Gasteiger partial charge on any atom is -0.466 e. The minimum absolute atomic E-state index is 0.134. The van der Waals surface area contributed by atoms with Crippen LogP contribution in [0.2, 0.25) is 0 Å². The smallest absolute Gasteiger partial charge is 0.306 e. The van der Waals surface area contributed by atoms with Crippen LogP contribution in [0.3, 0.4) is 0 Å². The molecule has 0 aliphatic carbocycles. The number of alkyl halides is 1. The van der Waals surface area contributed by atoms with E-state index in [2.05, 4.69) is 17.4 Å². The first-order valence-corrected chi connectivity index (χ1v) is 9.34. The van der Waals surface area contributed by atoms with Crippen molar-refractivity contribution in [1.82, 2.24) is 0 Å². The van der Waals surface area contributed by atoms with Gasteiger partial charge in [0.2, 0.25) is 0 Å². The Kier molecular flexibility index (Phi) is 6.92.